The van der Waals surface area contributed by atoms with Crippen LogP contribution in [0.2, 0.25) is 5.02 Å². The molecule has 130 valence electrons. The molecule has 25 heavy (non-hydrogen) atoms. The summed E-state index contributed by atoms with van der Waals surface area (Å²) in [6.07, 6.45) is -4.56. The fraction of sp³-hybridized carbons (Fsp3) is 0.267. The number of aromatic nitrogens is 3. The SMILES string of the molecule is O=C(c1cc2c(Cl)cccc2s1)N1CCn2c(nnc2C(F)(F)F)C1. The van der Waals surface area contributed by atoms with Gasteiger partial charge in [-0.2, -0.15) is 13.2 Å². The van der Waals surface area contributed by atoms with Gasteiger partial charge in [0.05, 0.1) is 11.4 Å². The number of fused-ring (bicyclic) bond motifs is 2. The summed E-state index contributed by atoms with van der Waals surface area (Å²) < 4.78 is 40.5. The smallest absolute Gasteiger partial charge is 0.329 e. The molecule has 0 saturated carbocycles. The summed E-state index contributed by atoms with van der Waals surface area (Å²) >= 11 is 7.43. The van der Waals surface area contributed by atoms with E-state index >= 15 is 0 Å². The summed E-state index contributed by atoms with van der Waals surface area (Å²) in [4.78, 5) is 14.7. The highest BCUT2D eigenvalue weighted by atomic mass is 35.5. The Morgan fingerprint density at radius 2 is 2.04 bits per heavy atom. The van der Waals surface area contributed by atoms with Gasteiger partial charge < -0.3 is 9.47 Å². The molecule has 1 aliphatic rings. The van der Waals surface area contributed by atoms with Gasteiger partial charge in [-0.05, 0) is 18.2 Å². The molecule has 3 aromatic rings. The minimum Gasteiger partial charge on any atom is -0.329 e. The lowest BCUT2D eigenvalue weighted by Crippen LogP contribution is -2.39. The molecular formula is C15H10ClF3N4OS. The highest BCUT2D eigenvalue weighted by molar-refractivity contribution is 7.20. The van der Waals surface area contributed by atoms with E-state index in [0.29, 0.717) is 9.90 Å². The van der Waals surface area contributed by atoms with E-state index in [1.54, 1.807) is 18.2 Å². The number of amides is 1. The Kier molecular flexibility index (Phi) is 3.73. The second-order valence-corrected chi connectivity index (χ2v) is 7.07. The highest BCUT2D eigenvalue weighted by Gasteiger charge is 2.40. The van der Waals surface area contributed by atoms with Gasteiger partial charge in [0.25, 0.3) is 5.91 Å². The van der Waals surface area contributed by atoms with Crippen molar-refractivity contribution in [3.05, 3.63) is 45.8 Å². The van der Waals surface area contributed by atoms with Crippen molar-refractivity contribution in [2.75, 3.05) is 6.54 Å². The number of carbonyl (C=O) groups is 1. The van der Waals surface area contributed by atoms with Crippen LogP contribution in [0.1, 0.15) is 21.3 Å². The zero-order valence-corrected chi connectivity index (χ0v) is 14.1. The van der Waals surface area contributed by atoms with E-state index in [0.717, 1.165) is 14.7 Å². The minimum atomic E-state index is -4.56. The molecule has 0 N–H and O–H groups in total. The lowest BCUT2D eigenvalue weighted by Gasteiger charge is -2.27. The monoisotopic (exact) mass is 386 g/mol. The van der Waals surface area contributed by atoms with Crippen LogP contribution in [0.5, 0.6) is 0 Å². The predicted octanol–water partition coefficient (Wildman–Crippen LogP) is 3.82. The molecule has 0 bridgehead atoms. The second-order valence-electron chi connectivity index (χ2n) is 5.58. The van der Waals surface area contributed by atoms with Crippen molar-refractivity contribution in [3.8, 4) is 0 Å². The maximum Gasteiger partial charge on any atom is 0.451 e. The summed E-state index contributed by atoms with van der Waals surface area (Å²) in [7, 11) is 0. The minimum absolute atomic E-state index is 0.00850. The van der Waals surface area contributed by atoms with E-state index < -0.39 is 12.0 Å². The Bertz CT molecular complexity index is 981. The number of hydrogen-bond acceptors (Lipinski definition) is 4. The first-order valence-electron chi connectivity index (χ1n) is 7.31. The Morgan fingerprint density at radius 3 is 2.76 bits per heavy atom. The molecule has 2 aromatic heterocycles. The summed E-state index contributed by atoms with van der Waals surface area (Å²) in [5.74, 6) is -1.14. The van der Waals surface area contributed by atoms with Crippen LogP contribution >= 0.6 is 22.9 Å². The molecular weight excluding hydrogens is 377 g/mol. The zero-order chi connectivity index (χ0) is 17.8. The number of thiophene rings is 1. The number of benzene rings is 1. The van der Waals surface area contributed by atoms with Crippen LogP contribution < -0.4 is 0 Å². The molecule has 0 saturated heterocycles. The van der Waals surface area contributed by atoms with Crippen molar-refractivity contribution in [1.82, 2.24) is 19.7 Å². The van der Waals surface area contributed by atoms with Gasteiger partial charge in [0, 0.05) is 28.2 Å². The van der Waals surface area contributed by atoms with E-state index in [1.165, 1.54) is 16.2 Å². The van der Waals surface area contributed by atoms with Crippen LogP contribution in [-0.2, 0) is 19.3 Å². The first-order chi connectivity index (χ1) is 11.8. The molecule has 1 amide bonds. The lowest BCUT2D eigenvalue weighted by atomic mass is 10.2. The van der Waals surface area contributed by atoms with Crippen molar-refractivity contribution in [2.24, 2.45) is 0 Å². The van der Waals surface area contributed by atoms with E-state index in [1.807, 2.05) is 6.07 Å². The molecule has 0 aliphatic carbocycles. The molecule has 10 heteroatoms. The Morgan fingerprint density at radius 1 is 1.24 bits per heavy atom. The summed E-state index contributed by atoms with van der Waals surface area (Å²) in [6.45, 7) is 0.160. The van der Waals surface area contributed by atoms with E-state index in [2.05, 4.69) is 10.2 Å². The van der Waals surface area contributed by atoms with Gasteiger partial charge in [0.1, 0.15) is 0 Å². The first-order valence-corrected chi connectivity index (χ1v) is 8.50. The molecule has 1 aliphatic heterocycles. The summed E-state index contributed by atoms with van der Waals surface area (Å²) in [5, 5.41) is 8.15. The quantitative estimate of drug-likeness (QED) is 0.639. The third-order valence-corrected chi connectivity index (χ3v) is 5.43. The van der Waals surface area contributed by atoms with Crippen molar-refractivity contribution < 1.29 is 18.0 Å². The number of nitrogens with zero attached hydrogens (tertiary/aromatic N) is 4. The van der Waals surface area contributed by atoms with Gasteiger partial charge in [-0.1, -0.05) is 17.7 Å². The number of alkyl halides is 3. The van der Waals surface area contributed by atoms with E-state index in [9.17, 15) is 18.0 Å². The fourth-order valence-corrected chi connectivity index (χ4v) is 4.17. The molecule has 0 fully saturated rings. The van der Waals surface area contributed by atoms with Crippen LogP contribution in [0.25, 0.3) is 10.1 Å². The van der Waals surface area contributed by atoms with Gasteiger partial charge in [-0.15, -0.1) is 21.5 Å². The normalized spacial score (nSPS) is 14.8. The van der Waals surface area contributed by atoms with Crippen LogP contribution in [-0.4, -0.2) is 32.1 Å². The van der Waals surface area contributed by atoms with Gasteiger partial charge >= 0.3 is 6.18 Å². The van der Waals surface area contributed by atoms with Gasteiger partial charge in [0.2, 0.25) is 5.82 Å². The van der Waals surface area contributed by atoms with Crippen molar-refractivity contribution in [2.45, 2.75) is 19.3 Å². The maximum atomic E-state index is 12.9. The third-order valence-electron chi connectivity index (χ3n) is 4.01. The lowest BCUT2D eigenvalue weighted by molar-refractivity contribution is -0.147. The number of carbonyl (C=O) groups excluding carboxylic acids is 1. The van der Waals surface area contributed by atoms with E-state index in [-0.39, 0.29) is 31.4 Å². The van der Waals surface area contributed by atoms with Crippen LogP contribution in [0.15, 0.2) is 24.3 Å². The average molecular weight is 387 g/mol. The van der Waals surface area contributed by atoms with Crippen LogP contribution in [0.4, 0.5) is 13.2 Å². The number of hydrogen-bond donors (Lipinski definition) is 0. The van der Waals surface area contributed by atoms with Crippen LogP contribution in [0.3, 0.4) is 0 Å². The molecule has 0 radical (unpaired) electrons. The van der Waals surface area contributed by atoms with Crippen molar-refractivity contribution in [3.63, 3.8) is 0 Å². The third kappa shape index (κ3) is 2.77. The van der Waals surface area contributed by atoms with Gasteiger partial charge in [-0.25, -0.2) is 0 Å². The second kappa shape index (κ2) is 5.70. The van der Waals surface area contributed by atoms with Crippen molar-refractivity contribution >= 4 is 38.9 Å². The summed E-state index contributed by atoms with van der Waals surface area (Å²) in [6, 6.07) is 7.13. The van der Waals surface area contributed by atoms with Crippen LogP contribution in [0, 0.1) is 0 Å². The Labute approximate surface area is 148 Å². The molecule has 0 spiro atoms. The maximum absolute atomic E-state index is 12.9. The average Bonchev–Trinajstić information content (AvgIpc) is 3.17. The molecule has 3 heterocycles. The number of rotatable bonds is 1. The van der Waals surface area contributed by atoms with Gasteiger partial charge in [-0.3, -0.25) is 4.79 Å². The topological polar surface area (TPSA) is 51.0 Å². The Hall–Kier alpha value is -2.13. The number of halogens is 4. The molecule has 0 unspecified atom stereocenters. The first kappa shape index (κ1) is 16.3. The Balaban J connectivity index is 1.62. The fourth-order valence-electron chi connectivity index (χ4n) is 2.83. The highest BCUT2D eigenvalue weighted by Crippen LogP contribution is 2.33. The van der Waals surface area contributed by atoms with E-state index in [4.69, 9.17) is 11.6 Å². The largest absolute Gasteiger partial charge is 0.451 e. The zero-order valence-electron chi connectivity index (χ0n) is 12.5. The van der Waals surface area contributed by atoms with Gasteiger partial charge in [0.15, 0.2) is 5.82 Å². The summed E-state index contributed by atoms with van der Waals surface area (Å²) in [5.41, 5.74) is 0. The standard InChI is InChI=1S/C15H10ClF3N4OS/c16-9-2-1-3-10-8(9)6-11(25-10)13(24)22-4-5-23-12(7-22)20-21-14(23)15(17,18)19/h1-3,6H,4-5,7H2. The molecule has 4 rings (SSSR count). The predicted molar refractivity (Wildman–Crippen MR) is 86.6 cm³/mol. The molecule has 1 aromatic carbocycles. The molecule has 5 nitrogen and oxygen atoms in total. The van der Waals surface area contributed by atoms with Crippen molar-refractivity contribution in [1.29, 1.82) is 0 Å². The molecule has 0 atom stereocenters.